The fourth-order valence-electron chi connectivity index (χ4n) is 2.12. The number of morpholine rings is 1. The molecule has 0 radical (unpaired) electrons. The molecule has 2 unspecified atom stereocenters. The van der Waals surface area contributed by atoms with Gasteiger partial charge >= 0.3 is 0 Å². The Morgan fingerprint density at radius 2 is 2.59 bits per heavy atom. The number of hydrazine groups is 1. The van der Waals surface area contributed by atoms with Crippen LogP contribution < -0.4 is 11.3 Å². The number of nitrogens with two attached hydrogens (primary N) is 1. The first-order chi connectivity index (χ1) is 8.29. The van der Waals surface area contributed by atoms with E-state index in [0.29, 0.717) is 0 Å². The molecule has 0 amide bonds. The Balaban J connectivity index is 1.96. The Kier molecular flexibility index (Phi) is 4.44. The highest BCUT2D eigenvalue weighted by Gasteiger charge is 2.26. The molecule has 5 nitrogen and oxygen atoms in total. The van der Waals surface area contributed by atoms with E-state index in [4.69, 9.17) is 10.6 Å². The number of pyridine rings is 1. The first-order valence-electron chi connectivity index (χ1n) is 5.95. The fraction of sp³-hybridized carbons (Fsp3) is 0.583. The molecule has 0 spiro atoms. The lowest BCUT2D eigenvalue weighted by molar-refractivity contribution is -0.0384. The van der Waals surface area contributed by atoms with Crippen LogP contribution in [0.2, 0.25) is 0 Å². The smallest absolute Gasteiger partial charge is 0.0871 e. The largest absolute Gasteiger partial charge is 0.374 e. The van der Waals surface area contributed by atoms with Gasteiger partial charge in [-0.15, -0.1) is 0 Å². The molecule has 1 aromatic rings. The summed E-state index contributed by atoms with van der Waals surface area (Å²) in [7, 11) is 2.10. The molecule has 94 valence electrons. The summed E-state index contributed by atoms with van der Waals surface area (Å²) in [5, 5.41) is 0. The average Bonchev–Trinajstić information content (AvgIpc) is 2.37. The van der Waals surface area contributed by atoms with Gasteiger partial charge in [0.2, 0.25) is 0 Å². The third kappa shape index (κ3) is 3.47. The zero-order chi connectivity index (χ0) is 12.1. The van der Waals surface area contributed by atoms with Gasteiger partial charge in [0.15, 0.2) is 0 Å². The Morgan fingerprint density at radius 3 is 3.24 bits per heavy atom. The van der Waals surface area contributed by atoms with E-state index in [1.54, 1.807) is 6.20 Å². The summed E-state index contributed by atoms with van der Waals surface area (Å²) in [5.74, 6) is 5.63. The molecule has 1 aliphatic rings. The van der Waals surface area contributed by atoms with Crippen molar-refractivity contribution in [2.24, 2.45) is 5.84 Å². The second-order valence-corrected chi connectivity index (χ2v) is 4.51. The lowest BCUT2D eigenvalue weighted by Crippen LogP contribution is -2.54. The minimum absolute atomic E-state index is 0.127. The number of hydrogen-bond donors (Lipinski definition) is 2. The highest BCUT2D eigenvalue weighted by molar-refractivity contribution is 5.11. The SMILES string of the molecule is CN1CCOC(C(Cc2cccnc2)NN)C1. The Labute approximate surface area is 102 Å². The van der Waals surface area contributed by atoms with Crippen LogP contribution in [0, 0.1) is 0 Å². The average molecular weight is 236 g/mol. The summed E-state index contributed by atoms with van der Waals surface area (Å²) in [4.78, 5) is 6.38. The summed E-state index contributed by atoms with van der Waals surface area (Å²) in [5.41, 5.74) is 4.03. The van der Waals surface area contributed by atoms with Gasteiger partial charge in [-0.1, -0.05) is 6.07 Å². The van der Waals surface area contributed by atoms with Gasteiger partial charge in [-0.2, -0.15) is 0 Å². The zero-order valence-electron chi connectivity index (χ0n) is 10.2. The third-order valence-electron chi connectivity index (χ3n) is 3.14. The third-order valence-corrected chi connectivity index (χ3v) is 3.14. The molecular formula is C12H20N4O. The maximum absolute atomic E-state index is 5.77. The molecule has 1 aliphatic heterocycles. The topological polar surface area (TPSA) is 63.4 Å². The van der Waals surface area contributed by atoms with Crippen molar-refractivity contribution < 1.29 is 4.74 Å². The monoisotopic (exact) mass is 236 g/mol. The maximum atomic E-state index is 5.77. The predicted octanol–water partition coefficient (Wildman–Crippen LogP) is -0.213. The lowest BCUT2D eigenvalue weighted by atomic mass is 10.0. The van der Waals surface area contributed by atoms with Crippen LogP contribution in [-0.4, -0.2) is 48.8 Å². The van der Waals surface area contributed by atoms with Crippen LogP contribution in [-0.2, 0) is 11.2 Å². The first-order valence-corrected chi connectivity index (χ1v) is 5.95. The van der Waals surface area contributed by atoms with Gasteiger partial charge in [-0.05, 0) is 25.1 Å². The highest BCUT2D eigenvalue weighted by atomic mass is 16.5. The molecule has 0 saturated carbocycles. The minimum Gasteiger partial charge on any atom is -0.374 e. The number of aromatic nitrogens is 1. The van der Waals surface area contributed by atoms with Crippen molar-refractivity contribution in [3.8, 4) is 0 Å². The molecule has 5 heteroatoms. The molecule has 2 heterocycles. The second kappa shape index (κ2) is 6.07. The van der Waals surface area contributed by atoms with Crippen LogP contribution in [0.15, 0.2) is 24.5 Å². The van der Waals surface area contributed by atoms with E-state index in [1.165, 1.54) is 5.56 Å². The molecule has 2 atom stereocenters. The molecule has 3 N–H and O–H groups in total. The number of nitrogens with zero attached hydrogens (tertiary/aromatic N) is 2. The van der Waals surface area contributed by atoms with E-state index >= 15 is 0 Å². The van der Waals surface area contributed by atoms with Crippen molar-refractivity contribution in [3.05, 3.63) is 30.1 Å². The zero-order valence-corrected chi connectivity index (χ0v) is 10.2. The molecule has 0 aliphatic carbocycles. The number of hydrogen-bond acceptors (Lipinski definition) is 5. The van der Waals surface area contributed by atoms with E-state index in [0.717, 1.165) is 26.1 Å². The first kappa shape index (κ1) is 12.4. The second-order valence-electron chi connectivity index (χ2n) is 4.51. The summed E-state index contributed by atoms with van der Waals surface area (Å²) < 4.78 is 5.77. The highest BCUT2D eigenvalue weighted by Crippen LogP contribution is 2.11. The molecule has 1 aromatic heterocycles. The van der Waals surface area contributed by atoms with Gasteiger partial charge in [-0.25, -0.2) is 0 Å². The predicted molar refractivity (Wildman–Crippen MR) is 66.3 cm³/mol. The van der Waals surface area contributed by atoms with Gasteiger partial charge in [0, 0.05) is 25.5 Å². The molecule has 0 bridgehead atoms. The van der Waals surface area contributed by atoms with Crippen molar-refractivity contribution in [1.82, 2.24) is 15.3 Å². The number of nitrogens with one attached hydrogen (secondary N) is 1. The summed E-state index contributed by atoms with van der Waals surface area (Å²) in [6, 6.07) is 4.13. The Hall–Kier alpha value is -1.01. The number of rotatable bonds is 4. The molecule has 1 saturated heterocycles. The van der Waals surface area contributed by atoms with Crippen molar-refractivity contribution >= 4 is 0 Å². The summed E-state index contributed by atoms with van der Waals surface area (Å²) in [6.07, 6.45) is 4.62. The van der Waals surface area contributed by atoms with Crippen LogP contribution in [0.1, 0.15) is 5.56 Å². The lowest BCUT2D eigenvalue weighted by Gasteiger charge is -2.34. The van der Waals surface area contributed by atoms with Gasteiger partial charge in [0.25, 0.3) is 0 Å². The molecule has 1 fully saturated rings. The molecular weight excluding hydrogens is 216 g/mol. The Morgan fingerprint density at radius 1 is 1.71 bits per heavy atom. The van der Waals surface area contributed by atoms with Gasteiger partial charge in [0.1, 0.15) is 0 Å². The van der Waals surface area contributed by atoms with Gasteiger partial charge < -0.3 is 9.64 Å². The van der Waals surface area contributed by atoms with Crippen LogP contribution >= 0.6 is 0 Å². The van der Waals surface area contributed by atoms with Crippen molar-refractivity contribution in [1.29, 1.82) is 0 Å². The molecule has 2 rings (SSSR count). The van der Waals surface area contributed by atoms with Crippen molar-refractivity contribution in [2.75, 3.05) is 26.7 Å². The maximum Gasteiger partial charge on any atom is 0.0871 e. The van der Waals surface area contributed by atoms with Crippen LogP contribution in [0.4, 0.5) is 0 Å². The standard InChI is InChI=1S/C12H20N4O/c1-16-5-6-17-12(9-16)11(15-13)7-10-3-2-4-14-8-10/h2-4,8,11-12,15H,5-7,9,13H2,1H3. The van der Waals surface area contributed by atoms with E-state index in [1.807, 2.05) is 12.3 Å². The van der Waals surface area contributed by atoms with Crippen molar-refractivity contribution in [3.63, 3.8) is 0 Å². The fourth-order valence-corrected chi connectivity index (χ4v) is 2.12. The van der Waals surface area contributed by atoms with Crippen LogP contribution in [0.5, 0.6) is 0 Å². The van der Waals surface area contributed by atoms with E-state index in [9.17, 15) is 0 Å². The van der Waals surface area contributed by atoms with Gasteiger partial charge in [0.05, 0.1) is 18.8 Å². The minimum atomic E-state index is 0.127. The summed E-state index contributed by atoms with van der Waals surface area (Å²) in [6.45, 7) is 2.67. The molecule has 0 aromatic carbocycles. The Bertz CT molecular complexity index is 333. The number of ether oxygens (including phenoxy) is 1. The van der Waals surface area contributed by atoms with E-state index in [2.05, 4.69) is 28.4 Å². The van der Waals surface area contributed by atoms with E-state index < -0.39 is 0 Å². The molecule has 17 heavy (non-hydrogen) atoms. The quantitative estimate of drug-likeness (QED) is 0.559. The normalized spacial score (nSPS) is 23.5. The van der Waals surface area contributed by atoms with Gasteiger partial charge in [-0.3, -0.25) is 16.3 Å². The summed E-state index contributed by atoms with van der Waals surface area (Å²) >= 11 is 0. The van der Waals surface area contributed by atoms with Crippen molar-refractivity contribution in [2.45, 2.75) is 18.6 Å². The van der Waals surface area contributed by atoms with Crippen LogP contribution in [0.3, 0.4) is 0 Å². The van der Waals surface area contributed by atoms with E-state index in [-0.39, 0.29) is 12.1 Å². The van der Waals surface area contributed by atoms with Crippen LogP contribution in [0.25, 0.3) is 0 Å². The number of likely N-dealkylation sites (N-methyl/N-ethyl adjacent to an activating group) is 1.